The van der Waals surface area contributed by atoms with Gasteiger partial charge in [0.15, 0.2) is 0 Å². The van der Waals surface area contributed by atoms with E-state index in [-0.39, 0.29) is 17.4 Å². The van der Waals surface area contributed by atoms with Crippen LogP contribution < -0.4 is 5.32 Å². The first-order chi connectivity index (χ1) is 16.7. The van der Waals surface area contributed by atoms with E-state index in [9.17, 15) is 22.8 Å². The van der Waals surface area contributed by atoms with Crippen molar-refractivity contribution in [3.8, 4) is 0 Å². The summed E-state index contributed by atoms with van der Waals surface area (Å²) < 4.78 is 41.6. The molecule has 0 bridgehead atoms. The normalized spacial score (nSPS) is 17.0. The van der Waals surface area contributed by atoms with E-state index in [4.69, 9.17) is 0 Å². The molecule has 1 aliphatic heterocycles. The van der Waals surface area contributed by atoms with Gasteiger partial charge in [-0.25, -0.2) is 4.98 Å². The second kappa shape index (κ2) is 9.10. The van der Waals surface area contributed by atoms with Crippen LogP contribution in [0.15, 0.2) is 35.7 Å². The van der Waals surface area contributed by atoms with Crippen molar-refractivity contribution in [3.63, 3.8) is 0 Å². The number of thiazole rings is 1. The number of hydrogen-bond donors (Lipinski definition) is 1. The fourth-order valence-electron chi connectivity index (χ4n) is 4.36. The monoisotopic (exact) mass is 503 g/mol. The van der Waals surface area contributed by atoms with Gasteiger partial charge in [-0.2, -0.15) is 18.3 Å². The van der Waals surface area contributed by atoms with Crippen LogP contribution in [-0.2, 0) is 13.2 Å². The molecule has 2 fully saturated rings. The maximum absolute atomic E-state index is 13.3. The van der Waals surface area contributed by atoms with E-state index in [2.05, 4.69) is 15.4 Å². The number of alkyl halides is 3. The first kappa shape index (κ1) is 23.5. The number of aryl methyl sites for hydroxylation is 1. The van der Waals surface area contributed by atoms with Crippen LogP contribution in [0.4, 0.5) is 19.0 Å². The highest BCUT2D eigenvalue weighted by Crippen LogP contribution is 2.40. The Balaban J connectivity index is 1.20. The van der Waals surface area contributed by atoms with Crippen molar-refractivity contribution >= 4 is 29.0 Å². The number of nitrogens with one attached hydrogen (secondary N) is 1. The van der Waals surface area contributed by atoms with Crippen LogP contribution in [0.5, 0.6) is 0 Å². The summed E-state index contributed by atoms with van der Waals surface area (Å²) in [5.74, 6) is 0.225. The minimum Gasteiger partial charge on any atom is -0.339 e. The van der Waals surface area contributed by atoms with Gasteiger partial charge in [-0.3, -0.25) is 14.3 Å². The third-order valence-electron chi connectivity index (χ3n) is 6.48. The van der Waals surface area contributed by atoms with Crippen LogP contribution in [0.2, 0.25) is 0 Å². The molecular formula is C24H24F3N5O2S. The number of carbonyl (C=O) groups is 2. The topological polar surface area (TPSA) is 80.1 Å². The molecule has 1 N–H and O–H groups in total. The Labute approximate surface area is 204 Å². The van der Waals surface area contributed by atoms with Crippen molar-refractivity contribution in [1.82, 2.24) is 19.7 Å². The van der Waals surface area contributed by atoms with E-state index in [1.165, 1.54) is 34.4 Å². The third-order valence-corrected chi connectivity index (χ3v) is 7.49. The lowest BCUT2D eigenvalue weighted by atomic mass is 9.96. The van der Waals surface area contributed by atoms with Crippen molar-refractivity contribution in [2.24, 2.45) is 7.05 Å². The summed E-state index contributed by atoms with van der Waals surface area (Å²) >= 11 is 1.38. The van der Waals surface area contributed by atoms with Gasteiger partial charge in [-0.1, -0.05) is 12.1 Å². The zero-order valence-corrected chi connectivity index (χ0v) is 19.8. The first-order valence-electron chi connectivity index (χ1n) is 11.5. The summed E-state index contributed by atoms with van der Waals surface area (Å²) in [5.41, 5.74) is 0.0600. The molecule has 0 spiro atoms. The van der Waals surface area contributed by atoms with E-state index < -0.39 is 17.6 Å². The molecule has 0 atom stereocenters. The maximum Gasteiger partial charge on any atom is 0.417 e. The number of amides is 2. The van der Waals surface area contributed by atoms with Crippen LogP contribution in [0.25, 0.3) is 0 Å². The van der Waals surface area contributed by atoms with Crippen LogP contribution in [0.3, 0.4) is 0 Å². The molecule has 35 heavy (non-hydrogen) atoms. The van der Waals surface area contributed by atoms with Gasteiger partial charge >= 0.3 is 6.18 Å². The highest BCUT2D eigenvalue weighted by Gasteiger charge is 2.37. The molecule has 2 aromatic heterocycles. The highest BCUT2D eigenvalue weighted by molar-refractivity contribution is 7.10. The van der Waals surface area contributed by atoms with Crippen LogP contribution in [-0.4, -0.2) is 44.6 Å². The second-order valence-electron chi connectivity index (χ2n) is 8.99. The summed E-state index contributed by atoms with van der Waals surface area (Å²) in [6, 6.07) is 6.77. The molecule has 3 aromatic rings. The largest absolute Gasteiger partial charge is 0.417 e. The molecule has 1 saturated carbocycles. The number of benzene rings is 1. The smallest absolute Gasteiger partial charge is 0.339 e. The van der Waals surface area contributed by atoms with E-state index in [0.717, 1.165) is 29.6 Å². The Kier molecular flexibility index (Phi) is 6.12. The number of likely N-dealkylation sites (tertiary alicyclic amines) is 1. The summed E-state index contributed by atoms with van der Waals surface area (Å²) in [6.45, 7) is 0.658. The number of nitrogens with zero attached hydrogens (tertiary/aromatic N) is 4. The lowest BCUT2D eigenvalue weighted by Gasteiger charge is -2.31. The molecule has 2 amide bonds. The molecule has 0 unspecified atom stereocenters. The van der Waals surface area contributed by atoms with Crippen molar-refractivity contribution in [2.75, 3.05) is 18.4 Å². The Hall–Kier alpha value is -3.21. The highest BCUT2D eigenvalue weighted by atomic mass is 32.1. The van der Waals surface area contributed by atoms with E-state index >= 15 is 0 Å². The molecule has 7 nitrogen and oxygen atoms in total. The Bertz CT molecular complexity index is 1260. The summed E-state index contributed by atoms with van der Waals surface area (Å²) in [6.07, 6.45) is -1.20. The van der Waals surface area contributed by atoms with Crippen LogP contribution in [0, 0.1) is 0 Å². The molecule has 2 aliphatic rings. The van der Waals surface area contributed by atoms with Gasteiger partial charge in [0.05, 0.1) is 21.8 Å². The van der Waals surface area contributed by atoms with Crippen molar-refractivity contribution in [2.45, 2.75) is 43.7 Å². The quantitative estimate of drug-likeness (QED) is 0.529. The number of halogens is 3. The Morgan fingerprint density at radius 3 is 2.49 bits per heavy atom. The average molecular weight is 504 g/mol. The molecule has 184 valence electrons. The predicted octanol–water partition coefficient (Wildman–Crippen LogP) is 5.04. The van der Waals surface area contributed by atoms with Crippen molar-refractivity contribution in [3.05, 3.63) is 63.2 Å². The molecule has 11 heteroatoms. The fraction of sp³-hybridized carbons (Fsp3) is 0.417. The SMILES string of the molecule is Cn1nc(C2CC2)cc1NC(=O)c1csc(C2CCN(C(=O)c3ccccc3C(F)(F)F)CC2)n1. The van der Waals surface area contributed by atoms with Gasteiger partial charge in [0.25, 0.3) is 11.8 Å². The maximum atomic E-state index is 13.3. The number of rotatable bonds is 5. The van der Waals surface area contributed by atoms with Gasteiger partial charge < -0.3 is 10.2 Å². The number of hydrogen-bond acceptors (Lipinski definition) is 5. The van der Waals surface area contributed by atoms with Gasteiger partial charge in [0.2, 0.25) is 0 Å². The van der Waals surface area contributed by atoms with Gasteiger partial charge in [0, 0.05) is 43.4 Å². The van der Waals surface area contributed by atoms with Crippen molar-refractivity contribution in [1.29, 1.82) is 0 Å². The van der Waals surface area contributed by atoms with Gasteiger partial charge in [-0.05, 0) is 37.8 Å². The molecule has 1 aromatic carbocycles. The molecule has 5 rings (SSSR count). The minimum absolute atomic E-state index is 0.0432. The Morgan fingerprint density at radius 1 is 1.09 bits per heavy atom. The first-order valence-corrected chi connectivity index (χ1v) is 12.3. The van der Waals surface area contributed by atoms with Crippen LogP contribution >= 0.6 is 11.3 Å². The molecule has 0 radical (unpaired) electrons. The second-order valence-corrected chi connectivity index (χ2v) is 9.88. The Morgan fingerprint density at radius 2 is 1.80 bits per heavy atom. The zero-order chi connectivity index (χ0) is 24.7. The summed E-state index contributed by atoms with van der Waals surface area (Å²) in [7, 11) is 1.79. The van der Waals surface area contributed by atoms with E-state index in [0.29, 0.717) is 43.4 Å². The molecule has 1 aliphatic carbocycles. The lowest BCUT2D eigenvalue weighted by Crippen LogP contribution is -2.38. The zero-order valence-electron chi connectivity index (χ0n) is 19.0. The van der Waals surface area contributed by atoms with Gasteiger partial charge in [-0.15, -0.1) is 11.3 Å². The number of piperidine rings is 1. The van der Waals surface area contributed by atoms with E-state index in [1.807, 2.05) is 6.07 Å². The predicted molar refractivity (Wildman–Crippen MR) is 125 cm³/mol. The van der Waals surface area contributed by atoms with E-state index in [1.54, 1.807) is 17.1 Å². The minimum atomic E-state index is -4.59. The lowest BCUT2D eigenvalue weighted by molar-refractivity contribution is -0.138. The third kappa shape index (κ3) is 4.95. The summed E-state index contributed by atoms with van der Waals surface area (Å²) in [5, 5.41) is 9.82. The van der Waals surface area contributed by atoms with Gasteiger partial charge in [0.1, 0.15) is 11.5 Å². The molecule has 3 heterocycles. The number of anilines is 1. The fourth-order valence-corrected chi connectivity index (χ4v) is 5.33. The number of carbonyl (C=O) groups excluding carboxylic acids is 2. The summed E-state index contributed by atoms with van der Waals surface area (Å²) in [4.78, 5) is 31.5. The van der Waals surface area contributed by atoms with Crippen molar-refractivity contribution < 1.29 is 22.8 Å². The van der Waals surface area contributed by atoms with Crippen LogP contribution in [0.1, 0.15) is 74.6 Å². The molecular weight excluding hydrogens is 479 g/mol. The standard InChI is InChI=1S/C24H24F3N5O2S/c1-31-20(12-18(30-31)14-6-7-14)29-21(33)19-13-35-22(28-19)15-8-10-32(11-9-15)23(34)16-4-2-3-5-17(16)24(25,26)27/h2-5,12-15H,6-11H2,1H3,(H,29,33). The molecule has 1 saturated heterocycles. The number of aromatic nitrogens is 3. The average Bonchev–Trinajstić information content (AvgIpc) is 3.46.